The second-order valence-corrected chi connectivity index (χ2v) is 5.70. The van der Waals surface area contributed by atoms with Crippen LogP contribution in [-0.4, -0.2) is 34.8 Å². The minimum absolute atomic E-state index is 0.0648. The number of rotatable bonds is 4. The fraction of sp³-hybridized carbons (Fsp3) is 0.438. The van der Waals surface area contributed by atoms with E-state index in [0.29, 0.717) is 23.7 Å². The average Bonchev–Trinajstić information content (AvgIpc) is 3.04. The minimum Gasteiger partial charge on any atom is -0.354 e. The Hall–Kier alpha value is -2.21. The number of carbonyl (C=O) groups is 1. The molecular formula is C16H20N4O2. The van der Waals surface area contributed by atoms with Gasteiger partial charge in [0.1, 0.15) is 0 Å². The smallest absolute Gasteiger partial charge is 0.274 e. The van der Waals surface area contributed by atoms with Crippen molar-refractivity contribution in [1.82, 2.24) is 20.4 Å². The molecule has 1 aliphatic rings. The Balaban J connectivity index is 1.77. The van der Waals surface area contributed by atoms with Gasteiger partial charge in [-0.2, -0.15) is 5.10 Å². The molecule has 6 heteroatoms. The van der Waals surface area contributed by atoms with Gasteiger partial charge < -0.3 is 10.6 Å². The molecule has 2 heterocycles. The summed E-state index contributed by atoms with van der Waals surface area (Å²) in [6.45, 7) is 1.66. The Morgan fingerprint density at radius 3 is 2.91 bits per heavy atom. The maximum atomic E-state index is 12.1. The zero-order valence-corrected chi connectivity index (χ0v) is 12.6. The van der Waals surface area contributed by atoms with Gasteiger partial charge in [-0.3, -0.25) is 9.59 Å². The molecule has 1 aromatic carbocycles. The van der Waals surface area contributed by atoms with Crippen LogP contribution < -0.4 is 16.2 Å². The van der Waals surface area contributed by atoms with E-state index in [1.54, 1.807) is 13.1 Å². The van der Waals surface area contributed by atoms with Gasteiger partial charge in [-0.1, -0.05) is 18.2 Å². The lowest BCUT2D eigenvalue weighted by Crippen LogP contribution is -2.38. The van der Waals surface area contributed by atoms with Gasteiger partial charge in [0.2, 0.25) is 5.91 Å². The second-order valence-electron chi connectivity index (χ2n) is 5.70. The average molecular weight is 300 g/mol. The van der Waals surface area contributed by atoms with Crippen LogP contribution in [0.1, 0.15) is 18.5 Å². The largest absolute Gasteiger partial charge is 0.354 e. The molecule has 2 N–H and O–H groups in total. The molecular weight excluding hydrogens is 280 g/mol. The van der Waals surface area contributed by atoms with Crippen molar-refractivity contribution in [2.75, 3.05) is 13.1 Å². The molecule has 1 saturated heterocycles. The lowest BCUT2D eigenvalue weighted by Gasteiger charge is -2.12. The summed E-state index contributed by atoms with van der Waals surface area (Å²) in [7, 11) is 1.61. The third-order valence-electron chi connectivity index (χ3n) is 4.07. The van der Waals surface area contributed by atoms with Gasteiger partial charge >= 0.3 is 0 Å². The quantitative estimate of drug-likeness (QED) is 0.854. The number of carbonyl (C=O) groups excluding carboxylic acids is 1. The number of benzene rings is 1. The molecule has 1 fully saturated rings. The van der Waals surface area contributed by atoms with Crippen LogP contribution in [0.3, 0.4) is 0 Å². The van der Waals surface area contributed by atoms with Crippen LogP contribution in [0.5, 0.6) is 0 Å². The van der Waals surface area contributed by atoms with E-state index < -0.39 is 0 Å². The number of nitrogens with one attached hydrogen (secondary N) is 2. The molecule has 1 aliphatic heterocycles. The predicted molar refractivity (Wildman–Crippen MR) is 84.7 cm³/mol. The molecule has 0 spiro atoms. The number of hydrogen-bond donors (Lipinski definition) is 2. The zero-order chi connectivity index (χ0) is 15.5. The molecule has 6 nitrogen and oxygen atoms in total. The van der Waals surface area contributed by atoms with Gasteiger partial charge in [0, 0.05) is 25.0 Å². The van der Waals surface area contributed by atoms with Crippen LogP contribution in [0.15, 0.2) is 29.1 Å². The van der Waals surface area contributed by atoms with Gasteiger partial charge in [0.15, 0.2) is 0 Å². The second kappa shape index (κ2) is 6.27. The van der Waals surface area contributed by atoms with Crippen molar-refractivity contribution < 1.29 is 4.79 Å². The van der Waals surface area contributed by atoms with Crippen molar-refractivity contribution in [1.29, 1.82) is 0 Å². The highest BCUT2D eigenvalue weighted by Gasteiger charge is 2.16. The van der Waals surface area contributed by atoms with Gasteiger partial charge in [-0.05, 0) is 25.5 Å². The molecule has 1 aromatic heterocycles. The van der Waals surface area contributed by atoms with E-state index in [1.807, 2.05) is 18.2 Å². The molecule has 3 rings (SSSR count). The van der Waals surface area contributed by atoms with Crippen molar-refractivity contribution in [2.45, 2.75) is 25.3 Å². The van der Waals surface area contributed by atoms with Crippen molar-refractivity contribution in [2.24, 2.45) is 7.05 Å². The number of aromatic nitrogens is 2. The summed E-state index contributed by atoms with van der Waals surface area (Å²) in [6.07, 6.45) is 2.44. The molecule has 1 unspecified atom stereocenters. The van der Waals surface area contributed by atoms with Gasteiger partial charge in [-0.25, -0.2) is 4.68 Å². The number of nitrogens with zero attached hydrogens (tertiary/aromatic N) is 2. The molecule has 0 aliphatic carbocycles. The first-order valence-corrected chi connectivity index (χ1v) is 7.60. The van der Waals surface area contributed by atoms with Crippen molar-refractivity contribution in [3.63, 3.8) is 0 Å². The maximum absolute atomic E-state index is 12.1. The highest BCUT2D eigenvalue weighted by Crippen LogP contribution is 2.13. The first-order chi connectivity index (χ1) is 10.6. The lowest BCUT2D eigenvalue weighted by molar-refractivity contribution is -0.120. The van der Waals surface area contributed by atoms with Crippen LogP contribution in [0.25, 0.3) is 10.8 Å². The molecule has 1 amide bonds. The Bertz CT molecular complexity index is 747. The standard InChI is InChI=1S/C16H20N4O2/c1-20-16(22)13-7-3-2-6-12(13)14(19-20)9-15(21)18-10-11-5-4-8-17-11/h2-3,6-7,11,17H,4-5,8-10H2,1H3,(H,18,21). The zero-order valence-electron chi connectivity index (χ0n) is 12.6. The maximum Gasteiger partial charge on any atom is 0.274 e. The molecule has 1 atom stereocenters. The third-order valence-corrected chi connectivity index (χ3v) is 4.07. The third kappa shape index (κ3) is 3.01. The molecule has 116 valence electrons. The fourth-order valence-electron chi connectivity index (χ4n) is 2.89. The normalized spacial score (nSPS) is 17.8. The lowest BCUT2D eigenvalue weighted by atomic mass is 10.1. The number of fused-ring (bicyclic) bond motifs is 1. The van der Waals surface area contributed by atoms with Crippen molar-refractivity contribution >= 4 is 16.7 Å². The summed E-state index contributed by atoms with van der Waals surface area (Å²) in [5.74, 6) is -0.0648. The summed E-state index contributed by atoms with van der Waals surface area (Å²) >= 11 is 0. The highest BCUT2D eigenvalue weighted by atomic mass is 16.1. The first kappa shape index (κ1) is 14.7. The van der Waals surface area contributed by atoms with Crippen LogP contribution in [0.4, 0.5) is 0 Å². The molecule has 0 saturated carbocycles. The van der Waals surface area contributed by atoms with Gasteiger partial charge in [0.05, 0.1) is 17.5 Å². The Kier molecular flexibility index (Phi) is 4.20. The highest BCUT2D eigenvalue weighted by molar-refractivity contribution is 5.88. The molecule has 0 radical (unpaired) electrons. The summed E-state index contributed by atoms with van der Waals surface area (Å²) in [5.41, 5.74) is 0.490. The topological polar surface area (TPSA) is 76.0 Å². The van der Waals surface area contributed by atoms with Gasteiger partial charge in [0.25, 0.3) is 5.56 Å². The Morgan fingerprint density at radius 2 is 2.18 bits per heavy atom. The summed E-state index contributed by atoms with van der Waals surface area (Å²) in [5, 5.41) is 11.9. The van der Waals surface area contributed by atoms with Crippen LogP contribution in [0, 0.1) is 0 Å². The van der Waals surface area contributed by atoms with E-state index in [4.69, 9.17) is 0 Å². The van der Waals surface area contributed by atoms with Crippen LogP contribution >= 0.6 is 0 Å². The van der Waals surface area contributed by atoms with Crippen LogP contribution in [0.2, 0.25) is 0 Å². The fourth-order valence-corrected chi connectivity index (χ4v) is 2.89. The van der Waals surface area contributed by atoms with E-state index in [9.17, 15) is 9.59 Å². The summed E-state index contributed by atoms with van der Waals surface area (Å²) in [6, 6.07) is 7.65. The number of hydrogen-bond acceptors (Lipinski definition) is 4. The van der Waals surface area contributed by atoms with Crippen LogP contribution in [-0.2, 0) is 18.3 Å². The van der Waals surface area contributed by atoms with E-state index >= 15 is 0 Å². The Labute approximate surface area is 128 Å². The molecule has 22 heavy (non-hydrogen) atoms. The predicted octanol–water partition coefficient (Wildman–Crippen LogP) is 0.344. The Morgan fingerprint density at radius 1 is 1.41 bits per heavy atom. The van der Waals surface area contributed by atoms with Crippen molar-refractivity contribution in [3.05, 3.63) is 40.3 Å². The summed E-state index contributed by atoms with van der Waals surface area (Å²) < 4.78 is 1.30. The summed E-state index contributed by atoms with van der Waals surface area (Å²) in [4.78, 5) is 24.2. The number of amides is 1. The number of aryl methyl sites for hydroxylation is 1. The molecule has 0 bridgehead atoms. The van der Waals surface area contributed by atoms with E-state index in [2.05, 4.69) is 15.7 Å². The molecule has 2 aromatic rings. The SMILES string of the molecule is Cn1nc(CC(=O)NCC2CCCN2)c2ccccc2c1=O. The first-order valence-electron chi connectivity index (χ1n) is 7.60. The van der Waals surface area contributed by atoms with Crippen molar-refractivity contribution in [3.8, 4) is 0 Å². The van der Waals surface area contributed by atoms with E-state index in [-0.39, 0.29) is 17.9 Å². The monoisotopic (exact) mass is 300 g/mol. The van der Waals surface area contributed by atoms with E-state index in [0.717, 1.165) is 24.8 Å². The van der Waals surface area contributed by atoms with E-state index in [1.165, 1.54) is 4.68 Å². The van der Waals surface area contributed by atoms with Gasteiger partial charge in [-0.15, -0.1) is 0 Å². The minimum atomic E-state index is -0.144.